The zero-order chi connectivity index (χ0) is 19.4. The molecule has 0 saturated carbocycles. The summed E-state index contributed by atoms with van der Waals surface area (Å²) in [6.07, 6.45) is -0.992. The Morgan fingerprint density at radius 3 is 2.15 bits per heavy atom. The Labute approximate surface area is 155 Å². The first-order valence-electron chi connectivity index (χ1n) is 8.85. The quantitative estimate of drug-likeness (QED) is 0.540. The van der Waals surface area contributed by atoms with Crippen LogP contribution in [-0.4, -0.2) is 30.3 Å². The molecule has 0 atom stereocenters. The monoisotopic (exact) mass is 378 g/mol. The molecule has 0 aliphatic carbocycles. The van der Waals surface area contributed by atoms with Crippen LogP contribution in [0.2, 0.25) is 0 Å². The standard InChI is InChI=1S/C21H20F4NO/c22-19-7-3-16(4-8-19)20(27)17-10-13-26(14-11-17)12-9-15-1-5-18(6-2-15)21(23,24)25/h1-9,17H,10-14H2. The summed E-state index contributed by atoms with van der Waals surface area (Å²) in [7, 11) is 0. The largest absolute Gasteiger partial charge is 0.416 e. The molecule has 0 spiro atoms. The molecule has 2 nitrogen and oxygen atoms in total. The van der Waals surface area contributed by atoms with E-state index in [0.717, 1.165) is 43.6 Å². The van der Waals surface area contributed by atoms with Gasteiger partial charge in [0.15, 0.2) is 5.78 Å². The van der Waals surface area contributed by atoms with Crippen LogP contribution in [-0.2, 0) is 6.18 Å². The molecule has 1 saturated heterocycles. The Morgan fingerprint density at radius 1 is 1.00 bits per heavy atom. The van der Waals surface area contributed by atoms with Gasteiger partial charge in [-0.15, -0.1) is 0 Å². The van der Waals surface area contributed by atoms with Crippen LogP contribution in [0.5, 0.6) is 0 Å². The first-order chi connectivity index (χ1) is 12.8. The molecule has 27 heavy (non-hydrogen) atoms. The molecular formula is C21H20F4NO. The number of carbonyl (C=O) groups excluding carboxylic acids is 1. The number of carbonyl (C=O) groups is 1. The number of nitrogens with zero attached hydrogens (tertiary/aromatic N) is 1. The third-order valence-electron chi connectivity index (χ3n) is 4.91. The lowest BCUT2D eigenvalue weighted by molar-refractivity contribution is -0.137. The molecule has 143 valence electrons. The van der Waals surface area contributed by atoms with E-state index in [-0.39, 0.29) is 17.5 Å². The van der Waals surface area contributed by atoms with Crippen LogP contribution in [0.3, 0.4) is 0 Å². The van der Waals surface area contributed by atoms with Crippen molar-refractivity contribution in [2.24, 2.45) is 5.92 Å². The lowest BCUT2D eigenvalue weighted by Crippen LogP contribution is -2.37. The summed E-state index contributed by atoms with van der Waals surface area (Å²) in [5.41, 5.74) is 0.624. The van der Waals surface area contributed by atoms with E-state index in [1.54, 1.807) is 0 Å². The highest BCUT2D eigenvalue weighted by atomic mass is 19.4. The van der Waals surface area contributed by atoms with E-state index < -0.39 is 11.7 Å². The lowest BCUT2D eigenvalue weighted by Gasteiger charge is -2.31. The average molecular weight is 378 g/mol. The van der Waals surface area contributed by atoms with E-state index in [1.165, 1.54) is 36.4 Å². The number of benzene rings is 2. The van der Waals surface area contributed by atoms with E-state index >= 15 is 0 Å². The minimum Gasteiger partial charge on any atom is -0.303 e. The summed E-state index contributed by atoms with van der Waals surface area (Å²) < 4.78 is 50.7. The molecule has 0 N–H and O–H groups in total. The van der Waals surface area contributed by atoms with Crippen LogP contribution >= 0.6 is 0 Å². The number of likely N-dealkylation sites (tertiary alicyclic amines) is 1. The summed E-state index contributed by atoms with van der Waals surface area (Å²) in [5, 5.41) is 0. The lowest BCUT2D eigenvalue weighted by atomic mass is 9.89. The number of Topliss-reactive ketones (excluding diaryl/α,β-unsaturated/α-hetero) is 1. The summed E-state index contributed by atoms with van der Waals surface area (Å²) in [6, 6.07) is 10.7. The van der Waals surface area contributed by atoms with E-state index in [0.29, 0.717) is 12.1 Å². The Morgan fingerprint density at radius 2 is 1.59 bits per heavy atom. The third-order valence-corrected chi connectivity index (χ3v) is 4.91. The fourth-order valence-corrected chi connectivity index (χ4v) is 3.27. The van der Waals surface area contributed by atoms with E-state index in [4.69, 9.17) is 0 Å². The van der Waals surface area contributed by atoms with Gasteiger partial charge in [0.05, 0.1) is 5.56 Å². The first kappa shape index (κ1) is 19.5. The van der Waals surface area contributed by atoms with Gasteiger partial charge in [0.2, 0.25) is 0 Å². The van der Waals surface area contributed by atoms with Gasteiger partial charge < -0.3 is 4.90 Å². The molecular weight excluding hydrogens is 358 g/mol. The minimum atomic E-state index is -4.32. The molecule has 3 rings (SSSR count). The maximum Gasteiger partial charge on any atom is 0.416 e. The van der Waals surface area contributed by atoms with Crippen molar-refractivity contribution in [3.8, 4) is 0 Å². The molecule has 6 heteroatoms. The summed E-state index contributed by atoms with van der Waals surface area (Å²) >= 11 is 0. The number of halogens is 4. The van der Waals surface area contributed by atoms with Crippen LogP contribution < -0.4 is 0 Å². The fraction of sp³-hybridized carbons (Fsp3) is 0.333. The molecule has 0 amide bonds. The second-order valence-electron chi connectivity index (χ2n) is 6.77. The first-order valence-corrected chi connectivity index (χ1v) is 8.85. The maximum absolute atomic E-state index is 13.0. The molecule has 2 aromatic rings. The third kappa shape index (κ3) is 5.16. The predicted molar refractivity (Wildman–Crippen MR) is 94.7 cm³/mol. The van der Waals surface area contributed by atoms with Crippen molar-refractivity contribution in [3.63, 3.8) is 0 Å². The van der Waals surface area contributed by atoms with Gasteiger partial charge in [-0.3, -0.25) is 4.79 Å². The van der Waals surface area contributed by atoms with Crippen molar-refractivity contribution in [3.05, 3.63) is 77.5 Å². The summed E-state index contributed by atoms with van der Waals surface area (Å²) in [6.45, 7) is 2.12. The smallest absolute Gasteiger partial charge is 0.303 e. The van der Waals surface area contributed by atoms with Crippen molar-refractivity contribution in [1.82, 2.24) is 4.90 Å². The number of alkyl halides is 3. The van der Waals surface area contributed by atoms with Gasteiger partial charge in [-0.25, -0.2) is 4.39 Å². The SMILES string of the molecule is O=C(c1ccc(F)cc1)C1CCN(C[CH]c2ccc(C(F)(F)F)cc2)CC1. The maximum atomic E-state index is 13.0. The van der Waals surface area contributed by atoms with Gasteiger partial charge in [0.1, 0.15) is 5.82 Å². The number of ketones is 1. The topological polar surface area (TPSA) is 20.3 Å². The highest BCUT2D eigenvalue weighted by molar-refractivity contribution is 5.97. The van der Waals surface area contributed by atoms with Gasteiger partial charge in [0.25, 0.3) is 0 Å². The van der Waals surface area contributed by atoms with E-state index in [9.17, 15) is 22.4 Å². The van der Waals surface area contributed by atoms with Crippen molar-refractivity contribution < 1.29 is 22.4 Å². The second kappa shape index (κ2) is 8.21. The summed E-state index contributed by atoms with van der Waals surface area (Å²) in [4.78, 5) is 14.6. The molecule has 1 aliphatic rings. The van der Waals surface area contributed by atoms with Crippen molar-refractivity contribution in [2.45, 2.75) is 19.0 Å². The Kier molecular flexibility index (Phi) is 5.95. The molecule has 0 aromatic heterocycles. The second-order valence-corrected chi connectivity index (χ2v) is 6.77. The summed E-state index contributed by atoms with van der Waals surface area (Å²) in [5.74, 6) is -0.390. The Balaban J connectivity index is 1.47. The molecule has 1 heterocycles. The van der Waals surface area contributed by atoms with Crippen LogP contribution in [0.1, 0.15) is 34.3 Å². The molecule has 2 aromatic carbocycles. The average Bonchev–Trinajstić information content (AvgIpc) is 2.66. The number of rotatable bonds is 5. The van der Waals surface area contributed by atoms with Gasteiger partial charge in [-0.05, 0) is 67.9 Å². The molecule has 1 fully saturated rings. The molecule has 0 bridgehead atoms. The number of hydrogen-bond donors (Lipinski definition) is 0. The fourth-order valence-electron chi connectivity index (χ4n) is 3.27. The zero-order valence-corrected chi connectivity index (χ0v) is 14.7. The predicted octanol–water partition coefficient (Wildman–Crippen LogP) is 4.99. The molecule has 1 aliphatic heterocycles. The zero-order valence-electron chi connectivity index (χ0n) is 14.7. The van der Waals surface area contributed by atoms with Crippen molar-refractivity contribution in [2.75, 3.05) is 19.6 Å². The van der Waals surface area contributed by atoms with E-state index in [2.05, 4.69) is 4.90 Å². The number of piperidine rings is 1. The molecule has 1 radical (unpaired) electrons. The highest BCUT2D eigenvalue weighted by Crippen LogP contribution is 2.29. The van der Waals surface area contributed by atoms with Crippen LogP contribution in [0.25, 0.3) is 0 Å². The van der Waals surface area contributed by atoms with Crippen LogP contribution in [0.4, 0.5) is 17.6 Å². The van der Waals surface area contributed by atoms with Gasteiger partial charge >= 0.3 is 6.18 Å². The number of hydrogen-bond acceptors (Lipinski definition) is 2. The normalized spacial score (nSPS) is 16.4. The Hall–Kier alpha value is -2.21. The van der Waals surface area contributed by atoms with Gasteiger partial charge in [-0.1, -0.05) is 12.1 Å². The van der Waals surface area contributed by atoms with Crippen molar-refractivity contribution >= 4 is 5.78 Å². The minimum absolute atomic E-state index is 0.0429. The van der Waals surface area contributed by atoms with Crippen LogP contribution in [0, 0.1) is 18.2 Å². The molecule has 0 unspecified atom stereocenters. The van der Waals surface area contributed by atoms with Crippen LogP contribution in [0.15, 0.2) is 48.5 Å². The van der Waals surface area contributed by atoms with Gasteiger partial charge in [0, 0.05) is 24.4 Å². The Bertz CT molecular complexity index is 760. The van der Waals surface area contributed by atoms with E-state index in [1.807, 2.05) is 6.42 Å². The van der Waals surface area contributed by atoms with Crippen molar-refractivity contribution in [1.29, 1.82) is 0 Å². The highest BCUT2D eigenvalue weighted by Gasteiger charge is 2.30. The van der Waals surface area contributed by atoms with Gasteiger partial charge in [-0.2, -0.15) is 13.2 Å².